The Bertz CT molecular complexity index is 1180. The van der Waals surface area contributed by atoms with Gasteiger partial charge >= 0.3 is 0 Å². The van der Waals surface area contributed by atoms with Crippen LogP contribution in [0.15, 0.2) is 30.6 Å². The zero-order chi connectivity index (χ0) is 21.9. The first-order valence-corrected chi connectivity index (χ1v) is 10.9. The molecule has 0 bridgehead atoms. The van der Waals surface area contributed by atoms with Crippen LogP contribution in [0.5, 0.6) is 0 Å². The Morgan fingerprint density at radius 3 is 2.55 bits per heavy atom. The van der Waals surface area contributed by atoms with E-state index < -0.39 is 6.10 Å². The second-order valence-electron chi connectivity index (χ2n) is 9.16. The van der Waals surface area contributed by atoms with E-state index >= 15 is 0 Å². The van der Waals surface area contributed by atoms with Crippen molar-refractivity contribution in [2.45, 2.75) is 45.8 Å². The van der Waals surface area contributed by atoms with E-state index in [2.05, 4.69) is 14.5 Å². The number of imidazole rings is 1. The highest BCUT2D eigenvalue weighted by Crippen LogP contribution is 2.42. The van der Waals surface area contributed by atoms with Crippen LogP contribution < -0.4 is 0 Å². The Morgan fingerprint density at radius 1 is 1.13 bits per heavy atom. The SMILES string of the molecule is CC(=O)c1[nH]c(C)c(C(=O)N2C[C@H]3C[C@@H](n4cnc5ccccc54)[C@H](O)C[C@H]3C2)c1C. The number of carbonyl (C=O) groups is 2. The number of hydrogen-bond acceptors (Lipinski definition) is 4. The lowest BCUT2D eigenvalue weighted by atomic mass is 9.77. The lowest BCUT2D eigenvalue weighted by Gasteiger charge is -2.36. The summed E-state index contributed by atoms with van der Waals surface area (Å²) in [5.41, 5.74) is 4.56. The molecule has 3 heterocycles. The molecule has 1 saturated heterocycles. The Hall–Kier alpha value is -2.93. The van der Waals surface area contributed by atoms with Crippen molar-refractivity contribution in [3.05, 3.63) is 53.1 Å². The number of aromatic amines is 1. The molecular weight excluding hydrogens is 392 g/mol. The fourth-order valence-corrected chi connectivity index (χ4v) is 5.70. The number of carbonyl (C=O) groups excluding carboxylic acids is 2. The van der Waals surface area contributed by atoms with E-state index in [-0.39, 0.29) is 23.7 Å². The number of aliphatic hydroxyl groups is 1. The van der Waals surface area contributed by atoms with Crippen LogP contribution in [0.3, 0.4) is 0 Å². The van der Waals surface area contributed by atoms with Crippen molar-refractivity contribution in [1.29, 1.82) is 0 Å². The minimum Gasteiger partial charge on any atom is -0.391 e. The van der Waals surface area contributed by atoms with Crippen LogP contribution in [0.25, 0.3) is 11.0 Å². The van der Waals surface area contributed by atoms with E-state index in [1.54, 1.807) is 0 Å². The number of likely N-dealkylation sites (tertiary alicyclic amines) is 1. The minimum atomic E-state index is -0.464. The molecule has 5 rings (SSSR count). The molecule has 2 aromatic heterocycles. The van der Waals surface area contributed by atoms with E-state index in [4.69, 9.17) is 0 Å². The number of aromatic nitrogens is 3. The third-order valence-corrected chi connectivity index (χ3v) is 7.24. The molecule has 0 radical (unpaired) electrons. The Labute approximate surface area is 181 Å². The van der Waals surface area contributed by atoms with Gasteiger partial charge in [0.15, 0.2) is 5.78 Å². The Morgan fingerprint density at radius 2 is 1.84 bits per heavy atom. The summed E-state index contributed by atoms with van der Waals surface area (Å²) in [6, 6.07) is 7.94. The number of hydrogen-bond donors (Lipinski definition) is 2. The van der Waals surface area contributed by atoms with Gasteiger partial charge in [-0.25, -0.2) is 4.98 Å². The first-order valence-electron chi connectivity index (χ1n) is 10.9. The Kier molecular flexibility index (Phi) is 4.73. The minimum absolute atomic E-state index is 0.0210. The van der Waals surface area contributed by atoms with Gasteiger partial charge < -0.3 is 19.6 Å². The molecule has 0 unspecified atom stereocenters. The number of H-pyrrole nitrogens is 1. The van der Waals surface area contributed by atoms with E-state index in [9.17, 15) is 14.7 Å². The fourth-order valence-electron chi connectivity index (χ4n) is 5.70. The third-order valence-electron chi connectivity index (χ3n) is 7.24. The maximum atomic E-state index is 13.4. The quantitative estimate of drug-likeness (QED) is 0.636. The molecule has 162 valence electrons. The molecule has 1 aliphatic heterocycles. The van der Waals surface area contributed by atoms with Crippen LogP contribution >= 0.6 is 0 Å². The predicted molar refractivity (Wildman–Crippen MR) is 117 cm³/mol. The fraction of sp³-hybridized carbons (Fsp3) is 0.458. The Balaban J connectivity index is 1.38. The van der Waals surface area contributed by atoms with Gasteiger partial charge in [0, 0.05) is 25.7 Å². The number of benzene rings is 1. The molecule has 0 spiro atoms. The normalized spacial score (nSPS) is 25.7. The lowest BCUT2D eigenvalue weighted by molar-refractivity contribution is 0.0374. The number of Topliss-reactive ketones (excluding diaryl/α,β-unsaturated/α-hetero) is 1. The summed E-state index contributed by atoms with van der Waals surface area (Å²) in [5, 5.41) is 10.9. The molecule has 2 aliphatic rings. The van der Waals surface area contributed by atoms with Gasteiger partial charge in [-0.15, -0.1) is 0 Å². The number of nitrogens with one attached hydrogen (secondary N) is 1. The first-order chi connectivity index (χ1) is 14.8. The van der Waals surface area contributed by atoms with Crippen molar-refractivity contribution in [2.75, 3.05) is 13.1 Å². The van der Waals surface area contributed by atoms with Gasteiger partial charge in [-0.05, 0) is 56.2 Å². The summed E-state index contributed by atoms with van der Waals surface area (Å²) in [7, 11) is 0. The number of aliphatic hydroxyl groups excluding tert-OH is 1. The van der Waals surface area contributed by atoms with Crippen LogP contribution in [-0.4, -0.2) is 55.4 Å². The summed E-state index contributed by atoms with van der Waals surface area (Å²) in [5.74, 6) is 0.544. The van der Waals surface area contributed by atoms with Crippen molar-refractivity contribution in [1.82, 2.24) is 19.4 Å². The van der Waals surface area contributed by atoms with Crippen LogP contribution in [-0.2, 0) is 0 Å². The second kappa shape index (κ2) is 7.34. The number of nitrogens with zero attached hydrogens (tertiary/aromatic N) is 3. The summed E-state index contributed by atoms with van der Waals surface area (Å²) in [6.45, 7) is 6.52. The lowest BCUT2D eigenvalue weighted by Crippen LogP contribution is -2.36. The number of rotatable bonds is 3. The maximum Gasteiger partial charge on any atom is 0.255 e. The standard InChI is InChI=1S/C24H28N4O3/c1-13-22(14(2)26-23(13)15(3)29)24(31)27-10-16-8-20(21(30)9-17(16)11-27)28-12-25-18-6-4-5-7-19(18)28/h4-7,12,16-17,20-21,26,30H,8-11H2,1-3H3/t16-,17+,20-,21-/m1/s1. The third kappa shape index (κ3) is 3.19. The molecule has 1 amide bonds. The summed E-state index contributed by atoms with van der Waals surface area (Å²) < 4.78 is 2.10. The highest BCUT2D eigenvalue weighted by atomic mass is 16.3. The predicted octanol–water partition coefficient (Wildman–Crippen LogP) is 3.27. The monoisotopic (exact) mass is 420 g/mol. The molecule has 7 nitrogen and oxygen atoms in total. The van der Waals surface area contributed by atoms with Gasteiger partial charge in [0.05, 0.1) is 40.8 Å². The summed E-state index contributed by atoms with van der Waals surface area (Å²) in [4.78, 5) is 34.7. The van der Waals surface area contributed by atoms with E-state index in [1.165, 1.54) is 6.92 Å². The number of amides is 1. The number of aryl methyl sites for hydroxylation is 1. The molecule has 2 fully saturated rings. The zero-order valence-corrected chi connectivity index (χ0v) is 18.1. The van der Waals surface area contributed by atoms with Crippen molar-refractivity contribution >= 4 is 22.7 Å². The van der Waals surface area contributed by atoms with Gasteiger partial charge in [0.2, 0.25) is 0 Å². The van der Waals surface area contributed by atoms with E-state index in [0.29, 0.717) is 36.7 Å². The molecule has 1 saturated carbocycles. The average molecular weight is 421 g/mol. The molecule has 1 aliphatic carbocycles. The summed E-state index contributed by atoms with van der Waals surface area (Å²) >= 11 is 0. The van der Waals surface area contributed by atoms with Gasteiger partial charge in [0.1, 0.15) is 0 Å². The van der Waals surface area contributed by atoms with Crippen molar-refractivity contribution in [2.24, 2.45) is 11.8 Å². The molecule has 31 heavy (non-hydrogen) atoms. The maximum absolute atomic E-state index is 13.4. The van der Waals surface area contributed by atoms with Crippen LogP contribution in [0, 0.1) is 25.7 Å². The molecule has 7 heteroatoms. The zero-order valence-electron chi connectivity index (χ0n) is 18.1. The van der Waals surface area contributed by atoms with E-state index in [1.807, 2.05) is 49.3 Å². The van der Waals surface area contributed by atoms with Crippen molar-refractivity contribution in [3.63, 3.8) is 0 Å². The van der Waals surface area contributed by atoms with Gasteiger partial charge in [-0.2, -0.15) is 0 Å². The van der Waals surface area contributed by atoms with Crippen LogP contribution in [0.4, 0.5) is 0 Å². The highest BCUT2D eigenvalue weighted by Gasteiger charge is 2.44. The van der Waals surface area contributed by atoms with Gasteiger partial charge in [-0.1, -0.05) is 12.1 Å². The smallest absolute Gasteiger partial charge is 0.255 e. The van der Waals surface area contributed by atoms with Crippen molar-refractivity contribution < 1.29 is 14.7 Å². The van der Waals surface area contributed by atoms with Gasteiger partial charge in [0.25, 0.3) is 5.91 Å². The molecule has 4 atom stereocenters. The van der Waals surface area contributed by atoms with Gasteiger partial charge in [-0.3, -0.25) is 9.59 Å². The van der Waals surface area contributed by atoms with Crippen LogP contribution in [0.2, 0.25) is 0 Å². The summed E-state index contributed by atoms with van der Waals surface area (Å²) in [6.07, 6.45) is 2.86. The largest absolute Gasteiger partial charge is 0.391 e. The first kappa shape index (κ1) is 20.0. The highest BCUT2D eigenvalue weighted by molar-refractivity contribution is 6.02. The second-order valence-corrected chi connectivity index (χ2v) is 9.16. The number of ketones is 1. The van der Waals surface area contributed by atoms with Crippen LogP contribution in [0.1, 0.15) is 57.9 Å². The molecule has 1 aromatic carbocycles. The molecule has 3 aromatic rings. The number of fused-ring (bicyclic) bond motifs is 2. The average Bonchev–Trinajstić information content (AvgIpc) is 3.42. The van der Waals surface area contributed by atoms with Crippen molar-refractivity contribution in [3.8, 4) is 0 Å². The molecule has 2 N–H and O–H groups in total. The topological polar surface area (TPSA) is 91.2 Å². The number of para-hydroxylation sites is 2. The van der Waals surface area contributed by atoms with E-state index in [0.717, 1.165) is 28.7 Å². The molecular formula is C24H28N4O3.